The van der Waals surface area contributed by atoms with Gasteiger partial charge in [-0.2, -0.15) is 0 Å². The first-order chi connectivity index (χ1) is 12.1. The number of rotatable bonds is 2. The fourth-order valence-electron chi connectivity index (χ4n) is 3.97. The second-order valence-electron chi connectivity index (χ2n) is 7.61. The number of nitrogens with zero attached hydrogens (tertiary/aromatic N) is 3. The molecule has 0 bridgehead atoms. The van der Waals surface area contributed by atoms with Crippen LogP contribution in [0.2, 0.25) is 0 Å². The molecule has 2 atom stereocenters. The van der Waals surface area contributed by atoms with E-state index in [0.717, 1.165) is 41.2 Å². The average molecular weight is 331 g/mol. The molecule has 3 aromatic rings. The van der Waals surface area contributed by atoms with Crippen LogP contribution in [0.1, 0.15) is 25.8 Å². The number of para-hydroxylation sites is 1. The minimum absolute atomic E-state index is 0.695. The van der Waals surface area contributed by atoms with Gasteiger partial charge in [0.05, 0.1) is 5.52 Å². The van der Waals surface area contributed by atoms with Crippen molar-refractivity contribution >= 4 is 16.7 Å². The molecule has 1 aromatic heterocycles. The Morgan fingerprint density at radius 1 is 0.880 bits per heavy atom. The van der Waals surface area contributed by atoms with Crippen molar-refractivity contribution in [1.29, 1.82) is 0 Å². The van der Waals surface area contributed by atoms with Crippen molar-refractivity contribution in [2.45, 2.75) is 27.2 Å². The normalized spacial score (nSPS) is 20.8. The van der Waals surface area contributed by atoms with Crippen molar-refractivity contribution in [2.24, 2.45) is 11.8 Å². The Labute approximate surface area is 149 Å². The maximum absolute atomic E-state index is 5.01. The van der Waals surface area contributed by atoms with Crippen molar-refractivity contribution in [3.8, 4) is 11.4 Å². The number of piperidine rings is 1. The molecular formula is C22H25N3. The predicted molar refractivity (Wildman–Crippen MR) is 105 cm³/mol. The van der Waals surface area contributed by atoms with E-state index in [1.54, 1.807) is 0 Å². The van der Waals surface area contributed by atoms with E-state index in [0.29, 0.717) is 11.8 Å². The fourth-order valence-corrected chi connectivity index (χ4v) is 3.97. The first-order valence-corrected chi connectivity index (χ1v) is 9.19. The molecule has 1 fully saturated rings. The van der Waals surface area contributed by atoms with Crippen LogP contribution in [0.4, 0.5) is 5.82 Å². The van der Waals surface area contributed by atoms with Gasteiger partial charge in [-0.1, -0.05) is 55.8 Å². The zero-order valence-corrected chi connectivity index (χ0v) is 15.2. The zero-order valence-electron chi connectivity index (χ0n) is 15.2. The Bertz CT molecular complexity index is 875. The lowest BCUT2D eigenvalue weighted by atomic mass is 9.92. The molecular weight excluding hydrogens is 306 g/mol. The highest BCUT2D eigenvalue weighted by molar-refractivity contribution is 5.91. The average Bonchev–Trinajstić information content (AvgIpc) is 2.60. The third kappa shape index (κ3) is 3.23. The first kappa shape index (κ1) is 16.1. The number of aryl methyl sites for hydroxylation is 1. The van der Waals surface area contributed by atoms with Gasteiger partial charge in [-0.3, -0.25) is 0 Å². The predicted octanol–water partition coefficient (Wildman–Crippen LogP) is 5.09. The summed E-state index contributed by atoms with van der Waals surface area (Å²) in [7, 11) is 0. The topological polar surface area (TPSA) is 29.0 Å². The summed E-state index contributed by atoms with van der Waals surface area (Å²) >= 11 is 0. The lowest BCUT2D eigenvalue weighted by Gasteiger charge is -2.36. The molecule has 0 amide bonds. The highest BCUT2D eigenvalue weighted by Crippen LogP contribution is 2.31. The Hall–Kier alpha value is -2.42. The van der Waals surface area contributed by atoms with E-state index in [1.807, 2.05) is 0 Å². The second kappa shape index (κ2) is 6.47. The lowest BCUT2D eigenvalue weighted by Crippen LogP contribution is -2.39. The van der Waals surface area contributed by atoms with Gasteiger partial charge in [0, 0.05) is 24.0 Å². The third-order valence-corrected chi connectivity index (χ3v) is 5.06. The van der Waals surface area contributed by atoms with Crippen molar-refractivity contribution in [3.63, 3.8) is 0 Å². The van der Waals surface area contributed by atoms with E-state index in [9.17, 15) is 0 Å². The van der Waals surface area contributed by atoms with E-state index in [4.69, 9.17) is 9.97 Å². The molecule has 4 rings (SSSR count). The van der Waals surface area contributed by atoms with Gasteiger partial charge in [0.15, 0.2) is 5.82 Å². The quantitative estimate of drug-likeness (QED) is 0.655. The van der Waals surface area contributed by atoms with Crippen LogP contribution in [0.5, 0.6) is 0 Å². The van der Waals surface area contributed by atoms with Crippen LogP contribution in [0, 0.1) is 18.8 Å². The molecule has 1 saturated heterocycles. The Kier molecular flexibility index (Phi) is 4.16. The van der Waals surface area contributed by atoms with Gasteiger partial charge < -0.3 is 4.90 Å². The van der Waals surface area contributed by atoms with Crippen LogP contribution in [0.3, 0.4) is 0 Å². The molecule has 0 spiro atoms. The van der Waals surface area contributed by atoms with Crippen LogP contribution < -0.4 is 4.90 Å². The first-order valence-electron chi connectivity index (χ1n) is 9.19. The van der Waals surface area contributed by atoms with E-state index < -0.39 is 0 Å². The largest absolute Gasteiger partial charge is 0.355 e. The maximum atomic E-state index is 5.01. The van der Waals surface area contributed by atoms with Crippen molar-refractivity contribution in [2.75, 3.05) is 18.0 Å². The van der Waals surface area contributed by atoms with Crippen LogP contribution in [-0.2, 0) is 0 Å². The number of hydrogen-bond acceptors (Lipinski definition) is 3. The van der Waals surface area contributed by atoms with Gasteiger partial charge in [0.2, 0.25) is 0 Å². The molecule has 0 aliphatic carbocycles. The maximum Gasteiger partial charge on any atom is 0.162 e. The Morgan fingerprint density at radius 2 is 1.56 bits per heavy atom. The zero-order chi connectivity index (χ0) is 17.4. The number of anilines is 1. The van der Waals surface area contributed by atoms with Crippen molar-refractivity contribution < 1.29 is 0 Å². The molecule has 1 aliphatic rings. The summed E-state index contributed by atoms with van der Waals surface area (Å²) in [6, 6.07) is 16.9. The van der Waals surface area contributed by atoms with Crippen molar-refractivity contribution in [3.05, 3.63) is 54.1 Å². The molecule has 1 aliphatic heterocycles. The second-order valence-corrected chi connectivity index (χ2v) is 7.61. The molecule has 3 nitrogen and oxygen atoms in total. The van der Waals surface area contributed by atoms with Crippen molar-refractivity contribution in [1.82, 2.24) is 9.97 Å². The minimum Gasteiger partial charge on any atom is -0.355 e. The standard InChI is InChI=1S/C22H25N3/c1-15-8-10-18(11-9-15)21-23-20-7-5-4-6-19(20)22(24-21)25-13-16(2)12-17(3)14-25/h4-11,16-17H,12-14H2,1-3H3/t16-,17-/m0/s1. The van der Waals surface area contributed by atoms with E-state index in [1.165, 1.54) is 12.0 Å². The highest BCUT2D eigenvalue weighted by atomic mass is 15.2. The van der Waals surface area contributed by atoms with Crippen LogP contribution in [0.15, 0.2) is 48.5 Å². The van der Waals surface area contributed by atoms with Gasteiger partial charge in [-0.15, -0.1) is 0 Å². The summed E-state index contributed by atoms with van der Waals surface area (Å²) in [6.07, 6.45) is 1.30. The SMILES string of the molecule is Cc1ccc(-c2nc(N3C[C@@H](C)C[C@H](C)C3)c3ccccc3n2)cc1. The Morgan fingerprint density at radius 3 is 2.28 bits per heavy atom. The van der Waals surface area contributed by atoms with Gasteiger partial charge in [-0.25, -0.2) is 9.97 Å². The molecule has 0 radical (unpaired) electrons. The Balaban J connectivity index is 1.85. The molecule has 3 heteroatoms. The van der Waals surface area contributed by atoms with E-state index in [2.05, 4.69) is 74.2 Å². The smallest absolute Gasteiger partial charge is 0.162 e. The molecule has 0 saturated carbocycles. The molecule has 128 valence electrons. The molecule has 0 N–H and O–H groups in total. The summed E-state index contributed by atoms with van der Waals surface area (Å²) in [6.45, 7) is 8.92. The summed E-state index contributed by atoms with van der Waals surface area (Å²) in [5.74, 6) is 3.29. The number of aromatic nitrogens is 2. The van der Waals surface area contributed by atoms with Gasteiger partial charge >= 0.3 is 0 Å². The highest BCUT2D eigenvalue weighted by Gasteiger charge is 2.24. The summed E-state index contributed by atoms with van der Waals surface area (Å²) in [5.41, 5.74) is 3.35. The number of hydrogen-bond donors (Lipinski definition) is 0. The van der Waals surface area contributed by atoms with E-state index >= 15 is 0 Å². The molecule has 2 aromatic carbocycles. The monoisotopic (exact) mass is 331 g/mol. The van der Waals surface area contributed by atoms with Gasteiger partial charge in [-0.05, 0) is 37.3 Å². The summed E-state index contributed by atoms with van der Waals surface area (Å²) in [4.78, 5) is 12.3. The van der Waals surface area contributed by atoms with E-state index in [-0.39, 0.29) is 0 Å². The van der Waals surface area contributed by atoms with Gasteiger partial charge in [0.25, 0.3) is 0 Å². The fraction of sp³-hybridized carbons (Fsp3) is 0.364. The number of benzene rings is 2. The summed E-state index contributed by atoms with van der Waals surface area (Å²) in [5, 5.41) is 1.15. The minimum atomic E-state index is 0.695. The molecule has 0 unspecified atom stereocenters. The molecule has 2 heterocycles. The molecule has 25 heavy (non-hydrogen) atoms. The number of fused-ring (bicyclic) bond motifs is 1. The van der Waals surface area contributed by atoms with Crippen LogP contribution in [0.25, 0.3) is 22.3 Å². The van der Waals surface area contributed by atoms with Gasteiger partial charge in [0.1, 0.15) is 5.82 Å². The van der Waals surface area contributed by atoms with Crippen LogP contribution in [-0.4, -0.2) is 23.1 Å². The van der Waals surface area contributed by atoms with Crippen LogP contribution >= 0.6 is 0 Å². The lowest BCUT2D eigenvalue weighted by molar-refractivity contribution is 0.356. The third-order valence-electron chi connectivity index (χ3n) is 5.06. The summed E-state index contributed by atoms with van der Waals surface area (Å²) < 4.78 is 0.